The van der Waals surface area contributed by atoms with E-state index in [9.17, 15) is 14.7 Å². The molecule has 5 nitrogen and oxygen atoms in total. The number of piperazine rings is 1. The molecule has 5 heteroatoms. The van der Waals surface area contributed by atoms with E-state index in [1.54, 1.807) is 18.7 Å². The Bertz CT molecular complexity index is 502. The molecule has 0 bridgehead atoms. The van der Waals surface area contributed by atoms with E-state index in [2.05, 4.69) is 0 Å². The highest BCUT2D eigenvalue weighted by atomic mass is 16.3. The largest absolute Gasteiger partial charge is 0.386 e. The Morgan fingerprint density at radius 2 is 1.63 bits per heavy atom. The Morgan fingerprint density at radius 1 is 1.11 bits per heavy atom. The second-order valence-electron chi connectivity index (χ2n) is 5.28. The first kappa shape index (κ1) is 13.5. The van der Waals surface area contributed by atoms with Crippen molar-refractivity contribution in [2.24, 2.45) is 0 Å². The molecule has 0 aromatic heterocycles. The van der Waals surface area contributed by atoms with E-state index >= 15 is 0 Å². The van der Waals surface area contributed by atoms with Crippen LogP contribution in [0, 0.1) is 0 Å². The van der Waals surface area contributed by atoms with E-state index in [1.807, 2.05) is 24.3 Å². The first-order valence-corrected chi connectivity index (χ1v) is 6.17. The number of hydrogen-bond acceptors (Lipinski definition) is 4. The summed E-state index contributed by atoms with van der Waals surface area (Å²) in [6.07, 6.45) is 0. The van der Waals surface area contributed by atoms with Crippen molar-refractivity contribution in [3.63, 3.8) is 0 Å². The summed E-state index contributed by atoms with van der Waals surface area (Å²) in [6.45, 7) is 3.67. The minimum Gasteiger partial charge on any atom is -0.386 e. The van der Waals surface area contributed by atoms with Gasteiger partial charge in [-0.25, -0.2) is 0 Å². The molecule has 1 aromatic carbocycles. The monoisotopic (exact) mass is 262 g/mol. The Balaban J connectivity index is 2.38. The van der Waals surface area contributed by atoms with Gasteiger partial charge in [0.25, 0.3) is 0 Å². The predicted octanol–water partition coefficient (Wildman–Crippen LogP) is 0.719. The highest BCUT2D eigenvalue weighted by molar-refractivity contribution is 6.02. The van der Waals surface area contributed by atoms with Crippen molar-refractivity contribution in [1.82, 2.24) is 4.90 Å². The molecular formula is C14H18N2O3. The summed E-state index contributed by atoms with van der Waals surface area (Å²) in [5.74, 6) is -0.469. The summed E-state index contributed by atoms with van der Waals surface area (Å²) in [4.78, 5) is 26.3. The number of rotatable bonds is 2. The fourth-order valence-corrected chi connectivity index (χ4v) is 2.17. The third-order valence-corrected chi connectivity index (χ3v) is 3.30. The molecule has 19 heavy (non-hydrogen) atoms. The minimum absolute atomic E-state index is 0.148. The average molecular weight is 262 g/mol. The quantitative estimate of drug-likeness (QED) is 0.798. The molecule has 1 aromatic rings. The number of para-hydroxylation sites is 1. The van der Waals surface area contributed by atoms with Gasteiger partial charge in [-0.1, -0.05) is 18.2 Å². The van der Waals surface area contributed by atoms with E-state index in [4.69, 9.17) is 0 Å². The van der Waals surface area contributed by atoms with Crippen LogP contribution in [-0.2, 0) is 15.2 Å². The van der Waals surface area contributed by atoms with E-state index in [0.717, 1.165) is 10.6 Å². The molecule has 0 radical (unpaired) electrons. The predicted molar refractivity (Wildman–Crippen MR) is 71.7 cm³/mol. The van der Waals surface area contributed by atoms with Crippen LogP contribution in [0.1, 0.15) is 19.4 Å². The van der Waals surface area contributed by atoms with Gasteiger partial charge in [-0.15, -0.1) is 0 Å². The fourth-order valence-electron chi connectivity index (χ4n) is 2.17. The number of amides is 2. The number of anilines is 1. The van der Waals surface area contributed by atoms with E-state index in [0.29, 0.717) is 5.56 Å². The van der Waals surface area contributed by atoms with Gasteiger partial charge in [-0.2, -0.15) is 0 Å². The van der Waals surface area contributed by atoms with Crippen LogP contribution in [-0.4, -0.2) is 42.0 Å². The van der Waals surface area contributed by atoms with Crippen molar-refractivity contribution in [2.45, 2.75) is 19.4 Å². The third-order valence-electron chi connectivity index (χ3n) is 3.30. The molecule has 0 unspecified atom stereocenters. The first-order valence-electron chi connectivity index (χ1n) is 6.17. The highest BCUT2D eigenvalue weighted by Crippen LogP contribution is 2.30. The SMILES string of the molecule is CN1C(=O)CN(c2ccccc2C(C)(C)O)CC1=O. The standard InChI is InChI=1S/C14H18N2O3/c1-14(2,19)10-6-4-5-7-11(10)16-8-12(17)15(3)13(18)9-16/h4-7,19H,8-9H2,1-3H3. The maximum absolute atomic E-state index is 11.8. The lowest BCUT2D eigenvalue weighted by atomic mass is 9.95. The van der Waals surface area contributed by atoms with Gasteiger partial charge < -0.3 is 10.0 Å². The molecule has 1 fully saturated rings. The number of likely N-dealkylation sites (N-methyl/N-ethyl adjacent to an activating group) is 1. The van der Waals surface area contributed by atoms with Crippen molar-refractivity contribution >= 4 is 17.5 Å². The molecule has 0 atom stereocenters. The maximum Gasteiger partial charge on any atom is 0.248 e. The number of carbonyl (C=O) groups is 2. The van der Waals surface area contributed by atoms with Crippen LogP contribution < -0.4 is 4.90 Å². The van der Waals surface area contributed by atoms with Crippen molar-refractivity contribution in [3.05, 3.63) is 29.8 Å². The summed E-state index contributed by atoms with van der Waals surface area (Å²) < 4.78 is 0. The van der Waals surface area contributed by atoms with Crippen molar-refractivity contribution < 1.29 is 14.7 Å². The molecule has 1 heterocycles. The zero-order valence-corrected chi connectivity index (χ0v) is 11.4. The number of nitrogens with zero attached hydrogens (tertiary/aromatic N) is 2. The topological polar surface area (TPSA) is 60.9 Å². The molecule has 1 saturated heterocycles. The van der Waals surface area contributed by atoms with Crippen molar-refractivity contribution in [3.8, 4) is 0 Å². The number of carbonyl (C=O) groups excluding carboxylic acids is 2. The van der Waals surface area contributed by atoms with Crippen LogP contribution in [0.25, 0.3) is 0 Å². The zero-order valence-electron chi connectivity index (χ0n) is 11.4. The molecule has 1 aliphatic heterocycles. The van der Waals surface area contributed by atoms with Crippen LogP contribution in [0.3, 0.4) is 0 Å². The van der Waals surface area contributed by atoms with Crippen molar-refractivity contribution in [2.75, 3.05) is 25.0 Å². The Morgan fingerprint density at radius 3 is 2.16 bits per heavy atom. The molecule has 0 spiro atoms. The van der Waals surface area contributed by atoms with Gasteiger partial charge in [0, 0.05) is 18.3 Å². The second-order valence-corrected chi connectivity index (χ2v) is 5.28. The normalized spacial score (nSPS) is 17.1. The Hall–Kier alpha value is -1.88. The average Bonchev–Trinajstić information content (AvgIpc) is 2.34. The Kier molecular flexibility index (Phi) is 3.32. The van der Waals surface area contributed by atoms with Gasteiger partial charge >= 0.3 is 0 Å². The smallest absolute Gasteiger partial charge is 0.248 e. The number of hydrogen-bond donors (Lipinski definition) is 1. The van der Waals surface area contributed by atoms with Crippen molar-refractivity contribution in [1.29, 1.82) is 0 Å². The van der Waals surface area contributed by atoms with Crippen LogP contribution in [0.15, 0.2) is 24.3 Å². The van der Waals surface area contributed by atoms with Gasteiger partial charge in [-0.3, -0.25) is 14.5 Å². The van der Waals surface area contributed by atoms with Crippen LogP contribution in [0.5, 0.6) is 0 Å². The molecule has 0 saturated carbocycles. The summed E-state index contributed by atoms with van der Waals surface area (Å²) in [6, 6.07) is 7.29. The summed E-state index contributed by atoms with van der Waals surface area (Å²) >= 11 is 0. The molecular weight excluding hydrogens is 244 g/mol. The van der Waals surface area contributed by atoms with Crippen LogP contribution >= 0.6 is 0 Å². The lowest BCUT2D eigenvalue weighted by Gasteiger charge is -2.35. The van der Waals surface area contributed by atoms with Gasteiger partial charge in [-0.05, 0) is 19.9 Å². The number of aliphatic hydroxyl groups is 1. The maximum atomic E-state index is 11.8. The Labute approximate surface area is 112 Å². The minimum atomic E-state index is -1.02. The lowest BCUT2D eigenvalue weighted by Crippen LogP contribution is -2.52. The molecule has 2 amide bonds. The summed E-state index contributed by atoms with van der Waals surface area (Å²) in [7, 11) is 1.49. The van der Waals surface area contributed by atoms with E-state index in [-0.39, 0.29) is 24.9 Å². The van der Waals surface area contributed by atoms with Gasteiger partial charge in [0.05, 0.1) is 18.7 Å². The zero-order chi connectivity index (χ0) is 14.2. The second kappa shape index (κ2) is 4.66. The first-order chi connectivity index (χ1) is 8.80. The van der Waals surface area contributed by atoms with Crippen LogP contribution in [0.4, 0.5) is 5.69 Å². The van der Waals surface area contributed by atoms with E-state index < -0.39 is 5.60 Å². The number of imide groups is 1. The van der Waals surface area contributed by atoms with E-state index in [1.165, 1.54) is 7.05 Å². The number of benzene rings is 1. The van der Waals surface area contributed by atoms with Gasteiger partial charge in [0.1, 0.15) is 0 Å². The fraction of sp³-hybridized carbons (Fsp3) is 0.429. The molecule has 0 aliphatic carbocycles. The lowest BCUT2D eigenvalue weighted by molar-refractivity contribution is -0.143. The summed E-state index contributed by atoms with van der Waals surface area (Å²) in [5.41, 5.74) is 0.413. The molecule has 1 aliphatic rings. The summed E-state index contributed by atoms with van der Waals surface area (Å²) in [5, 5.41) is 10.2. The highest BCUT2D eigenvalue weighted by Gasteiger charge is 2.31. The van der Waals surface area contributed by atoms with Gasteiger partial charge in [0.2, 0.25) is 11.8 Å². The van der Waals surface area contributed by atoms with Gasteiger partial charge in [0.15, 0.2) is 0 Å². The molecule has 1 N–H and O–H groups in total. The third kappa shape index (κ3) is 2.61. The molecule has 102 valence electrons. The van der Waals surface area contributed by atoms with Crippen LogP contribution in [0.2, 0.25) is 0 Å². The molecule has 2 rings (SSSR count).